The first-order valence-corrected chi connectivity index (χ1v) is 15.0. The Morgan fingerprint density at radius 1 is 1.11 bits per heavy atom. The van der Waals surface area contributed by atoms with Gasteiger partial charge in [0.05, 0.1) is 24.5 Å². The van der Waals surface area contributed by atoms with Crippen LogP contribution >= 0.6 is 0 Å². The number of hydrogen-bond acceptors (Lipinski definition) is 12. The summed E-state index contributed by atoms with van der Waals surface area (Å²) in [5, 5.41) is 21.3. The van der Waals surface area contributed by atoms with Crippen LogP contribution in [-0.2, 0) is 14.9 Å². The lowest BCUT2D eigenvalue weighted by atomic mass is 9.93. The van der Waals surface area contributed by atoms with Gasteiger partial charge in [-0.3, -0.25) is 15.1 Å². The van der Waals surface area contributed by atoms with Gasteiger partial charge in [-0.05, 0) is 55.0 Å². The first-order chi connectivity index (χ1) is 22.1. The van der Waals surface area contributed by atoms with E-state index >= 15 is 0 Å². The minimum absolute atomic E-state index is 0.0736. The topological polar surface area (TPSA) is 177 Å². The number of nitrogens with zero attached hydrogens (tertiary/aromatic N) is 4. The third-order valence-electron chi connectivity index (χ3n) is 7.26. The molecular weight excluding hydrogens is 586 g/mol. The van der Waals surface area contributed by atoms with Crippen molar-refractivity contribution in [2.24, 2.45) is 0 Å². The number of ether oxygens (including phenoxy) is 2. The highest BCUT2D eigenvalue weighted by Gasteiger charge is 2.20. The van der Waals surface area contributed by atoms with Crippen LogP contribution in [0.1, 0.15) is 43.2 Å². The van der Waals surface area contributed by atoms with Crippen LogP contribution in [0.25, 0.3) is 0 Å². The van der Waals surface area contributed by atoms with Crippen molar-refractivity contribution in [1.29, 1.82) is 5.41 Å². The van der Waals surface area contributed by atoms with E-state index in [4.69, 9.17) is 25.1 Å². The van der Waals surface area contributed by atoms with Gasteiger partial charge in [0.15, 0.2) is 5.82 Å². The maximum atomic E-state index is 10.0. The van der Waals surface area contributed by atoms with E-state index in [1.165, 1.54) is 6.33 Å². The lowest BCUT2D eigenvalue weighted by molar-refractivity contribution is -0.105. The summed E-state index contributed by atoms with van der Waals surface area (Å²) in [6.07, 6.45) is 1.97. The Morgan fingerprint density at radius 3 is 2.48 bits per heavy atom. The zero-order chi connectivity index (χ0) is 33.1. The van der Waals surface area contributed by atoms with Crippen molar-refractivity contribution < 1.29 is 18.8 Å². The molecule has 13 nitrogen and oxygen atoms in total. The Labute approximate surface area is 269 Å². The molecule has 0 spiro atoms. The Hall–Kier alpha value is -5.01. The second kappa shape index (κ2) is 15.8. The lowest BCUT2D eigenvalue weighted by Crippen LogP contribution is -2.38. The summed E-state index contributed by atoms with van der Waals surface area (Å²) in [4.78, 5) is 20.8. The van der Waals surface area contributed by atoms with Crippen molar-refractivity contribution >= 4 is 41.0 Å². The summed E-state index contributed by atoms with van der Waals surface area (Å²) in [5.41, 5.74) is 10.5. The number of nitrogens with two attached hydrogens (primary N) is 1. The average molecular weight is 630 g/mol. The molecule has 3 heterocycles. The number of nitrogens with one attached hydrogen (secondary N) is 4. The van der Waals surface area contributed by atoms with Gasteiger partial charge in [-0.2, -0.15) is 0 Å². The highest BCUT2D eigenvalue weighted by molar-refractivity contribution is 6.16. The minimum atomic E-state index is -0.0736. The number of amides is 1. The number of nitrogen functional groups attached to an aromatic ring is 1. The molecule has 0 saturated carbocycles. The van der Waals surface area contributed by atoms with Crippen molar-refractivity contribution in [3.05, 3.63) is 77.3 Å². The van der Waals surface area contributed by atoms with Crippen LogP contribution in [0.15, 0.2) is 59.4 Å². The molecule has 2 aromatic heterocycles. The quantitative estimate of drug-likeness (QED) is 0.114. The lowest BCUT2D eigenvalue weighted by Gasteiger charge is -2.26. The second-order valence-corrected chi connectivity index (χ2v) is 11.7. The van der Waals surface area contributed by atoms with Gasteiger partial charge in [0.2, 0.25) is 6.41 Å². The van der Waals surface area contributed by atoms with Gasteiger partial charge in [0.25, 0.3) is 0 Å². The summed E-state index contributed by atoms with van der Waals surface area (Å²) < 4.78 is 16.3. The van der Waals surface area contributed by atoms with E-state index in [0.717, 1.165) is 61.3 Å². The largest absolute Gasteiger partial charge is 0.492 e. The SMILES string of the molecule is CC(C)(C)c1cc(NC=O)no1.CNc1ccc(Nc2ncnc(N)c2C(=N)c2ccc(OCCN3CCOCC3)cc2)cc1C. The smallest absolute Gasteiger partial charge is 0.212 e. The Morgan fingerprint density at radius 2 is 1.85 bits per heavy atom. The minimum Gasteiger partial charge on any atom is -0.492 e. The van der Waals surface area contributed by atoms with Crippen LogP contribution in [0.4, 0.5) is 28.8 Å². The van der Waals surface area contributed by atoms with E-state index in [-0.39, 0.29) is 16.9 Å². The fourth-order valence-electron chi connectivity index (χ4n) is 4.64. The number of morpholine rings is 1. The van der Waals surface area contributed by atoms with E-state index in [1.54, 1.807) is 6.07 Å². The molecular formula is C33H43N9O4. The van der Waals surface area contributed by atoms with Crippen molar-refractivity contribution in [2.75, 3.05) is 68.2 Å². The molecule has 2 aromatic carbocycles. The molecule has 0 bridgehead atoms. The van der Waals surface area contributed by atoms with Gasteiger partial charge in [-0.1, -0.05) is 25.9 Å². The van der Waals surface area contributed by atoms with Gasteiger partial charge in [0.1, 0.15) is 36.1 Å². The van der Waals surface area contributed by atoms with E-state index < -0.39 is 0 Å². The number of rotatable bonds is 11. The van der Waals surface area contributed by atoms with Crippen LogP contribution in [0.3, 0.4) is 0 Å². The number of hydrogen-bond donors (Lipinski definition) is 5. The molecule has 0 atom stereocenters. The molecule has 0 radical (unpaired) electrons. The summed E-state index contributed by atoms with van der Waals surface area (Å²) in [6.45, 7) is 13.0. The molecule has 0 unspecified atom stereocenters. The van der Waals surface area contributed by atoms with Gasteiger partial charge in [-0.15, -0.1) is 0 Å². The first-order valence-electron chi connectivity index (χ1n) is 15.0. The van der Waals surface area contributed by atoms with Gasteiger partial charge < -0.3 is 35.7 Å². The number of anilines is 5. The molecule has 0 aliphatic carbocycles. The maximum absolute atomic E-state index is 10.0. The van der Waals surface area contributed by atoms with Crippen molar-refractivity contribution in [2.45, 2.75) is 33.1 Å². The molecule has 1 fully saturated rings. The van der Waals surface area contributed by atoms with Crippen LogP contribution in [0.5, 0.6) is 5.75 Å². The normalized spacial score (nSPS) is 13.2. The molecule has 13 heteroatoms. The number of benzene rings is 2. The molecule has 1 saturated heterocycles. The summed E-state index contributed by atoms with van der Waals surface area (Å²) in [5.74, 6) is 2.71. The predicted octanol–water partition coefficient (Wildman–Crippen LogP) is 4.82. The number of carbonyl (C=O) groups is 1. The first kappa shape index (κ1) is 33.9. The third-order valence-corrected chi connectivity index (χ3v) is 7.26. The van der Waals surface area contributed by atoms with E-state index in [1.807, 2.05) is 77.2 Å². The van der Waals surface area contributed by atoms with E-state index in [9.17, 15) is 4.79 Å². The van der Waals surface area contributed by atoms with Gasteiger partial charge >= 0.3 is 0 Å². The fraction of sp³-hybridized carbons (Fsp3) is 0.364. The second-order valence-electron chi connectivity index (χ2n) is 11.7. The zero-order valence-electron chi connectivity index (χ0n) is 27.0. The fourth-order valence-corrected chi connectivity index (χ4v) is 4.64. The summed E-state index contributed by atoms with van der Waals surface area (Å²) in [6, 6.07) is 15.1. The number of aromatic nitrogens is 3. The summed E-state index contributed by atoms with van der Waals surface area (Å²) >= 11 is 0. The zero-order valence-corrected chi connectivity index (χ0v) is 27.0. The summed E-state index contributed by atoms with van der Waals surface area (Å²) in [7, 11) is 1.89. The van der Waals surface area contributed by atoms with Crippen molar-refractivity contribution in [3.8, 4) is 5.75 Å². The third kappa shape index (κ3) is 9.25. The highest BCUT2D eigenvalue weighted by Crippen LogP contribution is 2.28. The average Bonchev–Trinajstić information content (AvgIpc) is 3.52. The molecule has 1 aliphatic heterocycles. The van der Waals surface area contributed by atoms with Crippen LogP contribution in [0, 0.1) is 12.3 Å². The van der Waals surface area contributed by atoms with E-state index in [2.05, 4.69) is 36.0 Å². The molecule has 5 rings (SSSR count). The maximum Gasteiger partial charge on any atom is 0.212 e. The van der Waals surface area contributed by atoms with Crippen molar-refractivity contribution in [3.63, 3.8) is 0 Å². The predicted molar refractivity (Wildman–Crippen MR) is 180 cm³/mol. The van der Waals surface area contributed by atoms with Crippen LogP contribution < -0.4 is 26.4 Å². The van der Waals surface area contributed by atoms with Crippen LogP contribution in [-0.4, -0.2) is 78.6 Å². The number of aryl methyl sites for hydroxylation is 1. The Kier molecular flexibility index (Phi) is 11.7. The van der Waals surface area contributed by atoms with E-state index in [0.29, 0.717) is 35.8 Å². The van der Waals surface area contributed by atoms with Gasteiger partial charge in [-0.25, -0.2) is 9.97 Å². The van der Waals surface area contributed by atoms with Crippen molar-refractivity contribution in [1.82, 2.24) is 20.0 Å². The molecule has 244 valence electrons. The Bertz CT molecular complexity index is 1590. The molecule has 4 aromatic rings. The molecule has 46 heavy (non-hydrogen) atoms. The molecule has 1 amide bonds. The molecule has 6 N–H and O–H groups in total. The van der Waals surface area contributed by atoms with Crippen LogP contribution in [0.2, 0.25) is 0 Å². The standard InChI is InChI=1S/C25H31N7O2.C8H12N2O2/c1-17-15-19(5-8-21(17)28-2)31-25-22(24(27)29-16-30-25)23(26)18-3-6-20(7-4-18)34-14-11-32-9-12-33-13-10-32;1-8(2,3)6-4-7(9-5-11)10-12-6/h3-8,15-16,26,28H,9-14H2,1-2H3,(H3,27,29,30,31);4-5H,1-3H3,(H,9,10,11). The number of carbonyl (C=O) groups excluding carboxylic acids is 1. The van der Waals surface area contributed by atoms with Gasteiger partial charge in [0, 0.05) is 55.1 Å². The molecule has 1 aliphatic rings. The monoisotopic (exact) mass is 629 g/mol. The Balaban J connectivity index is 0.000000337. The highest BCUT2D eigenvalue weighted by atomic mass is 16.5.